The molecule has 0 bridgehead atoms. The molecule has 26 heavy (non-hydrogen) atoms. The molecule has 2 aliphatic heterocycles. The predicted molar refractivity (Wildman–Crippen MR) is 99.1 cm³/mol. The van der Waals surface area contributed by atoms with Gasteiger partial charge in [-0.05, 0) is 19.4 Å². The molecule has 2 saturated heterocycles. The highest BCUT2D eigenvalue weighted by molar-refractivity contribution is 7.14. The third-order valence-corrected chi connectivity index (χ3v) is 5.53. The van der Waals surface area contributed by atoms with Gasteiger partial charge in [-0.2, -0.15) is 0 Å². The van der Waals surface area contributed by atoms with E-state index in [2.05, 4.69) is 16.9 Å². The van der Waals surface area contributed by atoms with Crippen molar-refractivity contribution in [3.8, 4) is 0 Å². The molecule has 4 amide bonds. The number of aromatic nitrogens is 1. The number of carbonyl (C=O) groups is 3. The van der Waals surface area contributed by atoms with Gasteiger partial charge in [0.15, 0.2) is 5.13 Å². The average molecular weight is 377 g/mol. The van der Waals surface area contributed by atoms with Gasteiger partial charge in [0.1, 0.15) is 0 Å². The number of nitrogens with one attached hydrogen (secondary N) is 1. The van der Waals surface area contributed by atoms with Gasteiger partial charge >= 0.3 is 6.03 Å². The highest BCUT2D eigenvalue weighted by Crippen LogP contribution is 2.23. The molecule has 3 rings (SSSR count). The molecule has 2 aliphatic rings. The maximum atomic E-state index is 12.6. The minimum atomic E-state index is -0.139. The Morgan fingerprint density at radius 1 is 1.42 bits per heavy atom. The molecule has 1 aromatic rings. The number of anilines is 1. The first kappa shape index (κ1) is 18.4. The summed E-state index contributed by atoms with van der Waals surface area (Å²) < 4.78 is 0. The van der Waals surface area contributed by atoms with Crippen LogP contribution in [0.4, 0.5) is 9.93 Å². The molecule has 0 aromatic carbocycles. The molecule has 8 nitrogen and oxygen atoms in total. The van der Waals surface area contributed by atoms with Gasteiger partial charge in [0.2, 0.25) is 11.8 Å². The maximum absolute atomic E-state index is 12.6. The van der Waals surface area contributed by atoms with E-state index in [1.54, 1.807) is 14.7 Å². The van der Waals surface area contributed by atoms with Crippen molar-refractivity contribution >= 4 is 34.3 Å². The summed E-state index contributed by atoms with van der Waals surface area (Å²) in [5, 5.41) is 5.25. The van der Waals surface area contributed by atoms with Crippen LogP contribution in [0.5, 0.6) is 0 Å². The van der Waals surface area contributed by atoms with Gasteiger partial charge in [-0.1, -0.05) is 6.58 Å². The lowest BCUT2D eigenvalue weighted by Gasteiger charge is -2.39. The van der Waals surface area contributed by atoms with Crippen LogP contribution in [0.25, 0.3) is 0 Å². The highest BCUT2D eigenvalue weighted by atomic mass is 32.1. The molecule has 0 radical (unpaired) electrons. The molecule has 0 spiro atoms. The smallest absolute Gasteiger partial charge is 0.323 e. The Morgan fingerprint density at radius 2 is 2.23 bits per heavy atom. The topological polar surface area (TPSA) is 85.9 Å². The number of hydrogen-bond donors (Lipinski definition) is 1. The highest BCUT2D eigenvalue weighted by Gasteiger charge is 2.29. The zero-order valence-corrected chi connectivity index (χ0v) is 15.6. The normalized spacial score (nSPS) is 20.7. The molecule has 0 aliphatic carbocycles. The number of rotatable bonds is 4. The lowest BCUT2D eigenvalue weighted by Crippen LogP contribution is -2.55. The summed E-state index contributed by atoms with van der Waals surface area (Å²) in [5.74, 6) is -0.115. The number of hydrogen-bond acceptors (Lipinski definition) is 5. The summed E-state index contributed by atoms with van der Waals surface area (Å²) in [5.41, 5.74) is 0.671. The lowest BCUT2D eigenvalue weighted by molar-refractivity contribution is -0.139. The lowest BCUT2D eigenvalue weighted by atomic mass is 10.1. The van der Waals surface area contributed by atoms with E-state index in [-0.39, 0.29) is 30.3 Å². The summed E-state index contributed by atoms with van der Waals surface area (Å²) in [4.78, 5) is 45.8. The van der Waals surface area contributed by atoms with E-state index >= 15 is 0 Å². The quantitative estimate of drug-likeness (QED) is 0.789. The summed E-state index contributed by atoms with van der Waals surface area (Å²) in [6, 6.07) is -0.189. The van der Waals surface area contributed by atoms with Crippen LogP contribution < -0.4 is 10.2 Å². The fraction of sp³-hybridized carbons (Fsp3) is 0.529. The van der Waals surface area contributed by atoms with Crippen LogP contribution in [0.1, 0.15) is 19.0 Å². The van der Waals surface area contributed by atoms with Crippen molar-refractivity contribution in [2.24, 2.45) is 0 Å². The minimum Gasteiger partial charge on any atom is -0.338 e. The molecule has 140 valence electrons. The summed E-state index contributed by atoms with van der Waals surface area (Å²) >= 11 is 1.38. The molecule has 3 heterocycles. The maximum Gasteiger partial charge on any atom is 0.323 e. The van der Waals surface area contributed by atoms with Gasteiger partial charge in [0.25, 0.3) is 0 Å². The van der Waals surface area contributed by atoms with Gasteiger partial charge in [-0.25, -0.2) is 9.78 Å². The molecule has 0 saturated carbocycles. The van der Waals surface area contributed by atoms with Gasteiger partial charge in [0, 0.05) is 44.1 Å². The molecule has 1 atom stereocenters. The van der Waals surface area contributed by atoms with E-state index in [1.165, 1.54) is 17.4 Å². The Balaban J connectivity index is 1.59. The van der Waals surface area contributed by atoms with Gasteiger partial charge < -0.3 is 15.1 Å². The second-order valence-electron chi connectivity index (χ2n) is 6.46. The van der Waals surface area contributed by atoms with Crippen LogP contribution in [0.2, 0.25) is 0 Å². The average Bonchev–Trinajstić information content (AvgIpc) is 3.09. The Labute approximate surface area is 156 Å². The Kier molecular flexibility index (Phi) is 5.55. The van der Waals surface area contributed by atoms with E-state index in [4.69, 9.17) is 0 Å². The van der Waals surface area contributed by atoms with Gasteiger partial charge in [0.05, 0.1) is 12.1 Å². The van der Waals surface area contributed by atoms with Crippen molar-refractivity contribution in [1.82, 2.24) is 20.1 Å². The largest absolute Gasteiger partial charge is 0.338 e. The minimum absolute atomic E-state index is 0.0110. The Bertz CT molecular complexity index is 719. The number of thiazole rings is 1. The molecular formula is C17H23N5O3S. The molecule has 1 aromatic heterocycles. The number of urea groups is 1. The summed E-state index contributed by atoms with van der Waals surface area (Å²) in [7, 11) is 0. The number of nitrogens with zero attached hydrogens (tertiary/aromatic N) is 4. The third-order valence-electron chi connectivity index (χ3n) is 4.62. The monoisotopic (exact) mass is 377 g/mol. The molecule has 1 N–H and O–H groups in total. The molecule has 2 fully saturated rings. The van der Waals surface area contributed by atoms with Crippen molar-refractivity contribution in [3.63, 3.8) is 0 Å². The predicted octanol–water partition coefficient (Wildman–Crippen LogP) is 0.851. The Hall–Kier alpha value is -2.42. The van der Waals surface area contributed by atoms with Crippen molar-refractivity contribution in [2.75, 3.05) is 37.6 Å². The van der Waals surface area contributed by atoms with Crippen molar-refractivity contribution in [3.05, 3.63) is 23.7 Å². The van der Waals surface area contributed by atoms with Gasteiger partial charge in [-0.15, -0.1) is 11.3 Å². The SMILES string of the molecule is C=CC(=O)N1CCN(C(=O)Cc2csc(N3CCCNC3=O)n2)[C@@H](C)C1. The summed E-state index contributed by atoms with van der Waals surface area (Å²) in [6.07, 6.45) is 2.38. The zero-order valence-electron chi connectivity index (χ0n) is 14.8. The van der Waals surface area contributed by atoms with Crippen LogP contribution in [0.3, 0.4) is 0 Å². The van der Waals surface area contributed by atoms with E-state index in [0.29, 0.717) is 43.5 Å². The standard InChI is InChI=1S/C17H23N5O3S/c1-3-14(23)20-7-8-21(12(2)10-20)15(24)9-13-11-26-17(19-13)22-6-4-5-18-16(22)25/h3,11-12H,1,4-10H2,2H3,(H,18,25)/t12-/m0/s1. The number of piperazine rings is 1. The molecule has 0 unspecified atom stereocenters. The van der Waals surface area contributed by atoms with Crippen molar-refractivity contribution < 1.29 is 14.4 Å². The second kappa shape index (κ2) is 7.86. The molecule has 9 heteroatoms. The fourth-order valence-electron chi connectivity index (χ4n) is 3.23. The van der Waals surface area contributed by atoms with Crippen LogP contribution in [-0.4, -0.2) is 71.4 Å². The number of amides is 4. The van der Waals surface area contributed by atoms with Crippen LogP contribution >= 0.6 is 11.3 Å². The first-order valence-electron chi connectivity index (χ1n) is 8.70. The van der Waals surface area contributed by atoms with Crippen LogP contribution in [0.15, 0.2) is 18.0 Å². The zero-order chi connectivity index (χ0) is 18.7. The number of carbonyl (C=O) groups excluding carboxylic acids is 3. The third kappa shape index (κ3) is 3.87. The van der Waals surface area contributed by atoms with Crippen LogP contribution in [0, 0.1) is 0 Å². The van der Waals surface area contributed by atoms with E-state index < -0.39 is 0 Å². The molecular weight excluding hydrogens is 354 g/mol. The summed E-state index contributed by atoms with van der Waals surface area (Å²) in [6.45, 7) is 8.29. The Morgan fingerprint density at radius 3 is 2.92 bits per heavy atom. The van der Waals surface area contributed by atoms with E-state index in [1.807, 2.05) is 12.3 Å². The van der Waals surface area contributed by atoms with E-state index in [9.17, 15) is 14.4 Å². The first-order valence-corrected chi connectivity index (χ1v) is 9.58. The fourth-order valence-corrected chi connectivity index (χ4v) is 4.08. The first-order chi connectivity index (χ1) is 12.5. The second-order valence-corrected chi connectivity index (χ2v) is 7.30. The van der Waals surface area contributed by atoms with Gasteiger partial charge in [-0.3, -0.25) is 14.5 Å². The van der Waals surface area contributed by atoms with Crippen molar-refractivity contribution in [2.45, 2.75) is 25.8 Å². The van der Waals surface area contributed by atoms with Crippen LogP contribution in [-0.2, 0) is 16.0 Å². The van der Waals surface area contributed by atoms with Crippen molar-refractivity contribution in [1.29, 1.82) is 0 Å². The van der Waals surface area contributed by atoms with E-state index in [0.717, 1.165) is 6.42 Å².